The number of aromatic nitrogens is 1. The van der Waals surface area contributed by atoms with Crippen LogP contribution in [0.2, 0.25) is 10.2 Å². The van der Waals surface area contributed by atoms with E-state index in [2.05, 4.69) is 20.9 Å². The molecule has 1 heterocycles. The van der Waals surface area contributed by atoms with Gasteiger partial charge >= 0.3 is 0 Å². The van der Waals surface area contributed by atoms with Crippen LogP contribution in [0.3, 0.4) is 0 Å². The van der Waals surface area contributed by atoms with Gasteiger partial charge in [-0.1, -0.05) is 23.2 Å². The highest BCUT2D eigenvalue weighted by atomic mass is 79.9. The van der Waals surface area contributed by atoms with Crippen LogP contribution in [0.25, 0.3) is 0 Å². The summed E-state index contributed by atoms with van der Waals surface area (Å²) >= 11 is 14.5. The van der Waals surface area contributed by atoms with Gasteiger partial charge in [-0.05, 0) is 22.0 Å². The maximum Gasteiger partial charge on any atom is 0.229 e. The number of rotatable bonds is 1. The third kappa shape index (κ3) is 1.98. The third-order valence-corrected chi connectivity index (χ3v) is 2.29. The van der Waals surface area contributed by atoms with Crippen molar-refractivity contribution in [3.05, 3.63) is 20.7 Å². The van der Waals surface area contributed by atoms with Gasteiger partial charge in [-0.25, -0.2) is 0 Å². The Balaban J connectivity index is 3.21. The quantitative estimate of drug-likeness (QED) is 0.721. The molecule has 60 valence electrons. The third-order valence-electron chi connectivity index (χ3n) is 1.05. The molecule has 0 aliphatic carbocycles. The van der Waals surface area contributed by atoms with Gasteiger partial charge < -0.3 is 4.74 Å². The monoisotopic (exact) mass is 255 g/mol. The predicted octanol–water partition coefficient (Wildman–Crippen LogP) is 3.16. The first-order valence-corrected chi connectivity index (χ1v) is 4.25. The van der Waals surface area contributed by atoms with E-state index >= 15 is 0 Å². The second-order valence-corrected chi connectivity index (χ2v) is 3.37. The van der Waals surface area contributed by atoms with Crippen molar-refractivity contribution in [2.75, 3.05) is 7.11 Å². The van der Waals surface area contributed by atoms with Crippen molar-refractivity contribution in [3.8, 4) is 5.88 Å². The molecule has 1 aromatic rings. The van der Waals surface area contributed by atoms with E-state index in [-0.39, 0.29) is 5.15 Å². The molecule has 0 amide bonds. The lowest BCUT2D eigenvalue weighted by molar-refractivity contribution is 0.395. The molecule has 0 unspecified atom stereocenters. The van der Waals surface area contributed by atoms with E-state index in [1.54, 1.807) is 6.07 Å². The maximum atomic E-state index is 5.66. The van der Waals surface area contributed by atoms with Gasteiger partial charge in [-0.15, -0.1) is 0 Å². The van der Waals surface area contributed by atoms with Crippen LogP contribution in [0.15, 0.2) is 10.5 Å². The minimum absolute atomic E-state index is 0.242. The van der Waals surface area contributed by atoms with Gasteiger partial charge in [0.25, 0.3) is 0 Å². The number of pyridine rings is 1. The van der Waals surface area contributed by atoms with Crippen molar-refractivity contribution >= 4 is 39.1 Å². The predicted molar refractivity (Wildman–Crippen MR) is 48.5 cm³/mol. The molecule has 0 spiro atoms. The number of halogens is 3. The van der Waals surface area contributed by atoms with Gasteiger partial charge in [0.2, 0.25) is 5.88 Å². The minimum Gasteiger partial charge on any atom is -0.480 e. The Morgan fingerprint density at radius 2 is 2.18 bits per heavy atom. The molecular formula is C6H4BrCl2NO. The number of hydrogen-bond acceptors (Lipinski definition) is 2. The highest BCUT2D eigenvalue weighted by molar-refractivity contribution is 9.10. The first-order valence-electron chi connectivity index (χ1n) is 2.70. The van der Waals surface area contributed by atoms with Gasteiger partial charge in [0.1, 0.15) is 0 Å². The van der Waals surface area contributed by atoms with E-state index in [1.807, 2.05) is 0 Å². The fraction of sp³-hybridized carbons (Fsp3) is 0.167. The number of nitrogens with zero attached hydrogens (tertiary/aromatic N) is 1. The van der Waals surface area contributed by atoms with Gasteiger partial charge in [-0.3, -0.25) is 0 Å². The lowest BCUT2D eigenvalue weighted by atomic mass is 10.5. The molecule has 0 radical (unpaired) electrons. The fourth-order valence-electron chi connectivity index (χ4n) is 0.572. The molecule has 1 aromatic heterocycles. The minimum atomic E-state index is 0.242. The summed E-state index contributed by atoms with van der Waals surface area (Å²) in [6.07, 6.45) is 0. The van der Waals surface area contributed by atoms with Crippen molar-refractivity contribution < 1.29 is 4.74 Å². The van der Waals surface area contributed by atoms with Crippen LogP contribution in [0.5, 0.6) is 5.88 Å². The molecular weight excluding hydrogens is 253 g/mol. The fourth-order valence-corrected chi connectivity index (χ4v) is 1.47. The Morgan fingerprint density at radius 1 is 1.55 bits per heavy atom. The van der Waals surface area contributed by atoms with Crippen LogP contribution < -0.4 is 4.74 Å². The van der Waals surface area contributed by atoms with Crippen molar-refractivity contribution in [1.29, 1.82) is 0 Å². The van der Waals surface area contributed by atoms with Crippen LogP contribution in [0, 0.1) is 0 Å². The van der Waals surface area contributed by atoms with E-state index in [0.29, 0.717) is 15.4 Å². The highest BCUT2D eigenvalue weighted by Crippen LogP contribution is 2.30. The molecule has 0 aliphatic heterocycles. The first-order chi connectivity index (χ1) is 5.15. The Bertz CT molecular complexity index is 280. The summed E-state index contributed by atoms with van der Waals surface area (Å²) in [6.45, 7) is 0. The molecule has 2 nitrogen and oxygen atoms in total. The van der Waals surface area contributed by atoms with Gasteiger partial charge in [0.15, 0.2) is 5.15 Å². The molecule has 0 bridgehead atoms. The average molecular weight is 257 g/mol. The van der Waals surface area contributed by atoms with Gasteiger partial charge in [-0.2, -0.15) is 4.98 Å². The average Bonchev–Trinajstić information content (AvgIpc) is 1.97. The van der Waals surface area contributed by atoms with E-state index in [4.69, 9.17) is 27.9 Å². The van der Waals surface area contributed by atoms with Crippen molar-refractivity contribution in [3.63, 3.8) is 0 Å². The molecule has 5 heteroatoms. The molecule has 1 rings (SSSR count). The molecule has 0 atom stereocenters. The summed E-state index contributed by atoms with van der Waals surface area (Å²) in [5.41, 5.74) is 0. The van der Waals surface area contributed by atoms with E-state index < -0.39 is 0 Å². The van der Waals surface area contributed by atoms with Crippen LogP contribution in [-0.4, -0.2) is 12.1 Å². The summed E-state index contributed by atoms with van der Waals surface area (Å²) < 4.78 is 5.57. The summed E-state index contributed by atoms with van der Waals surface area (Å²) in [5, 5.41) is 0.644. The standard InChI is InChI=1S/C6H4BrCl2NO/c1-11-6-3(7)2-4(8)5(9)10-6/h2H,1H3. The molecule has 0 fully saturated rings. The second kappa shape index (κ2) is 3.61. The zero-order valence-electron chi connectivity index (χ0n) is 5.57. The van der Waals surface area contributed by atoms with E-state index in [0.717, 1.165) is 0 Å². The number of methoxy groups -OCH3 is 1. The zero-order chi connectivity index (χ0) is 8.43. The summed E-state index contributed by atoms with van der Waals surface area (Å²) in [6, 6.07) is 1.63. The topological polar surface area (TPSA) is 22.1 Å². The SMILES string of the molecule is COc1nc(Cl)c(Cl)cc1Br. The number of ether oxygens (including phenoxy) is 1. The van der Waals surface area contributed by atoms with Crippen molar-refractivity contribution in [1.82, 2.24) is 4.98 Å². The van der Waals surface area contributed by atoms with Gasteiger partial charge in [0.05, 0.1) is 16.6 Å². The second-order valence-electron chi connectivity index (χ2n) is 1.75. The van der Waals surface area contributed by atoms with Gasteiger partial charge in [0, 0.05) is 0 Å². The molecule has 0 N–H and O–H groups in total. The molecule has 0 saturated heterocycles. The lowest BCUT2D eigenvalue weighted by Crippen LogP contribution is -1.89. The van der Waals surface area contributed by atoms with Crippen LogP contribution in [-0.2, 0) is 0 Å². The Kier molecular flexibility index (Phi) is 2.98. The maximum absolute atomic E-state index is 5.66. The molecule has 0 saturated carbocycles. The lowest BCUT2D eigenvalue weighted by Gasteiger charge is -2.02. The smallest absolute Gasteiger partial charge is 0.229 e. The van der Waals surface area contributed by atoms with Crippen molar-refractivity contribution in [2.45, 2.75) is 0 Å². The Labute approximate surface area is 82.6 Å². The summed E-state index contributed by atoms with van der Waals surface area (Å²) in [5.74, 6) is 0.430. The van der Waals surface area contributed by atoms with Crippen molar-refractivity contribution in [2.24, 2.45) is 0 Å². The Hall–Kier alpha value is 0.01000. The van der Waals surface area contributed by atoms with Crippen LogP contribution >= 0.6 is 39.1 Å². The molecule has 11 heavy (non-hydrogen) atoms. The van der Waals surface area contributed by atoms with E-state index in [1.165, 1.54) is 7.11 Å². The summed E-state index contributed by atoms with van der Waals surface area (Å²) in [4.78, 5) is 3.86. The largest absolute Gasteiger partial charge is 0.480 e. The van der Waals surface area contributed by atoms with E-state index in [9.17, 15) is 0 Å². The normalized spacial score (nSPS) is 9.82. The van der Waals surface area contributed by atoms with Crippen LogP contribution in [0.4, 0.5) is 0 Å². The molecule has 0 aliphatic rings. The van der Waals surface area contributed by atoms with Crippen LogP contribution in [0.1, 0.15) is 0 Å². The first kappa shape index (κ1) is 9.10. The zero-order valence-corrected chi connectivity index (χ0v) is 8.66. The summed E-state index contributed by atoms with van der Waals surface area (Å²) in [7, 11) is 1.51. The Morgan fingerprint density at radius 3 is 2.73 bits per heavy atom. The molecule has 0 aromatic carbocycles. The number of hydrogen-bond donors (Lipinski definition) is 0. The highest BCUT2D eigenvalue weighted by Gasteiger charge is 2.06.